The Morgan fingerprint density at radius 3 is 2.14 bits per heavy atom. The van der Waals surface area contributed by atoms with Crippen molar-refractivity contribution in [3.63, 3.8) is 0 Å². The summed E-state index contributed by atoms with van der Waals surface area (Å²) in [4.78, 5) is 27.6. The van der Waals surface area contributed by atoms with E-state index < -0.39 is 16.1 Å². The number of anilines is 1. The average molecular weight is 573 g/mol. The van der Waals surface area contributed by atoms with Crippen molar-refractivity contribution in [1.29, 1.82) is 0 Å². The van der Waals surface area contributed by atoms with Crippen LogP contribution in [-0.2, 0) is 26.2 Å². The first kappa shape index (κ1) is 30.7. The first-order valence-corrected chi connectivity index (χ1v) is 14.6. The van der Waals surface area contributed by atoms with Crippen molar-refractivity contribution in [1.82, 2.24) is 10.2 Å². The first-order chi connectivity index (χ1) is 17.3. The van der Waals surface area contributed by atoms with E-state index in [9.17, 15) is 18.0 Å². The Balaban J connectivity index is 2.21. The van der Waals surface area contributed by atoms with Crippen molar-refractivity contribution in [2.24, 2.45) is 5.92 Å². The molecule has 2 aromatic carbocycles. The van der Waals surface area contributed by atoms with E-state index in [2.05, 4.69) is 5.32 Å². The smallest absolute Gasteiger partial charge is 0.242 e. The number of nitrogens with zero attached hydrogens (tertiary/aromatic N) is 2. The van der Waals surface area contributed by atoms with E-state index in [1.54, 1.807) is 49.4 Å². The van der Waals surface area contributed by atoms with Crippen LogP contribution in [0.4, 0.5) is 5.69 Å². The van der Waals surface area contributed by atoms with Crippen LogP contribution in [-0.4, -0.2) is 57.6 Å². The number of carbonyl (C=O) groups is 2. The van der Waals surface area contributed by atoms with Crippen LogP contribution in [0.2, 0.25) is 10.0 Å². The number of methoxy groups -OCH3 is 1. The maximum Gasteiger partial charge on any atom is 0.242 e. The van der Waals surface area contributed by atoms with Crippen LogP contribution in [0, 0.1) is 5.92 Å². The minimum atomic E-state index is -3.59. The summed E-state index contributed by atoms with van der Waals surface area (Å²) >= 11 is 12.7. The van der Waals surface area contributed by atoms with Crippen molar-refractivity contribution in [3.8, 4) is 5.75 Å². The molecule has 0 aromatic heterocycles. The van der Waals surface area contributed by atoms with Crippen molar-refractivity contribution >= 4 is 50.7 Å². The fourth-order valence-electron chi connectivity index (χ4n) is 3.64. The van der Waals surface area contributed by atoms with Crippen molar-refractivity contribution in [2.45, 2.75) is 46.2 Å². The number of amides is 2. The molecule has 0 saturated carbocycles. The maximum absolute atomic E-state index is 13.4. The van der Waals surface area contributed by atoms with Gasteiger partial charge >= 0.3 is 0 Å². The van der Waals surface area contributed by atoms with E-state index in [0.717, 1.165) is 6.26 Å². The van der Waals surface area contributed by atoms with Crippen molar-refractivity contribution in [3.05, 3.63) is 58.1 Å². The molecule has 0 bridgehead atoms. The Labute approximate surface area is 229 Å². The predicted octanol–water partition coefficient (Wildman–Crippen LogP) is 4.74. The van der Waals surface area contributed by atoms with Crippen LogP contribution in [0.25, 0.3) is 0 Å². The second-order valence-corrected chi connectivity index (χ2v) is 11.9. The third-order valence-electron chi connectivity index (χ3n) is 5.75. The number of carbonyl (C=O) groups excluding carboxylic acids is 2. The summed E-state index contributed by atoms with van der Waals surface area (Å²) in [6.45, 7) is 6.22. The number of benzene rings is 2. The Hall–Kier alpha value is -2.49. The van der Waals surface area contributed by atoms with Gasteiger partial charge in [0.05, 0.1) is 19.1 Å². The molecule has 0 spiro atoms. The zero-order chi connectivity index (χ0) is 27.8. The molecule has 1 atom stereocenters. The van der Waals surface area contributed by atoms with Gasteiger partial charge < -0.3 is 15.0 Å². The highest BCUT2D eigenvalue weighted by atomic mass is 35.5. The zero-order valence-electron chi connectivity index (χ0n) is 21.8. The SMILES string of the molecule is COc1ccc(N(CCCC(=O)N(Cc2c(Cl)cccc2Cl)[C@@H](C)C(=O)NCC(C)C)S(C)(=O)=O)cc1. The standard InChI is InChI=1S/C26H35Cl2N3O5S/c1-18(2)16-29-26(33)19(3)30(17-22-23(27)8-6-9-24(22)28)25(32)10-7-15-31(37(5,34)35)20-11-13-21(36-4)14-12-20/h6,8-9,11-14,18-19H,7,10,15-17H2,1-5H3,(H,29,33)/t19-/m0/s1. The summed E-state index contributed by atoms with van der Waals surface area (Å²) < 4.78 is 31.3. The largest absolute Gasteiger partial charge is 0.497 e. The van der Waals surface area contributed by atoms with Gasteiger partial charge in [0.15, 0.2) is 0 Å². The summed E-state index contributed by atoms with van der Waals surface area (Å²) in [6, 6.07) is 10.9. The van der Waals surface area contributed by atoms with Gasteiger partial charge in [-0.1, -0.05) is 43.1 Å². The van der Waals surface area contributed by atoms with Crippen molar-refractivity contribution < 1.29 is 22.7 Å². The lowest BCUT2D eigenvalue weighted by atomic mass is 10.1. The Morgan fingerprint density at radius 2 is 1.62 bits per heavy atom. The minimum absolute atomic E-state index is 0.0199. The number of hydrogen-bond acceptors (Lipinski definition) is 5. The zero-order valence-corrected chi connectivity index (χ0v) is 24.2. The monoisotopic (exact) mass is 571 g/mol. The normalized spacial score (nSPS) is 12.2. The highest BCUT2D eigenvalue weighted by Crippen LogP contribution is 2.27. The molecular formula is C26H35Cl2N3O5S. The third kappa shape index (κ3) is 9.09. The van der Waals surface area contributed by atoms with Gasteiger partial charge in [-0.05, 0) is 55.7 Å². The molecule has 1 N–H and O–H groups in total. The first-order valence-electron chi connectivity index (χ1n) is 12.0. The van der Waals surface area contributed by atoms with Crippen LogP contribution in [0.3, 0.4) is 0 Å². The van der Waals surface area contributed by atoms with Crippen LogP contribution in [0.5, 0.6) is 5.75 Å². The summed E-state index contributed by atoms with van der Waals surface area (Å²) in [5.74, 6) is 0.247. The van der Waals surface area contributed by atoms with E-state index in [0.29, 0.717) is 33.6 Å². The van der Waals surface area contributed by atoms with E-state index in [-0.39, 0.29) is 43.7 Å². The Kier molecular flexibility index (Phi) is 11.5. The molecule has 2 rings (SSSR count). The number of hydrogen-bond donors (Lipinski definition) is 1. The molecule has 0 unspecified atom stereocenters. The second-order valence-electron chi connectivity index (χ2n) is 9.17. The molecule has 0 aliphatic carbocycles. The van der Waals surface area contributed by atoms with E-state index in [4.69, 9.17) is 27.9 Å². The molecule has 0 saturated heterocycles. The summed E-state index contributed by atoms with van der Waals surface area (Å²) in [5, 5.41) is 3.64. The Bertz CT molecular complexity index is 1150. The van der Waals surface area contributed by atoms with Crippen molar-refractivity contribution in [2.75, 3.05) is 30.8 Å². The molecular weight excluding hydrogens is 537 g/mol. The summed E-state index contributed by atoms with van der Waals surface area (Å²) in [7, 11) is -2.06. The molecule has 11 heteroatoms. The number of nitrogens with one attached hydrogen (secondary N) is 1. The quantitative estimate of drug-likeness (QED) is 0.374. The van der Waals surface area contributed by atoms with E-state index in [1.807, 2.05) is 13.8 Å². The predicted molar refractivity (Wildman–Crippen MR) is 149 cm³/mol. The lowest BCUT2D eigenvalue weighted by Gasteiger charge is -2.30. The van der Waals surface area contributed by atoms with Crippen LogP contribution in [0.15, 0.2) is 42.5 Å². The summed E-state index contributed by atoms with van der Waals surface area (Å²) in [6.07, 6.45) is 1.38. The number of rotatable bonds is 13. The maximum atomic E-state index is 13.4. The summed E-state index contributed by atoms with van der Waals surface area (Å²) in [5.41, 5.74) is 1.01. The van der Waals surface area contributed by atoms with Gasteiger partial charge in [-0.15, -0.1) is 0 Å². The fraction of sp³-hybridized carbons (Fsp3) is 0.462. The molecule has 2 aromatic rings. The molecule has 0 aliphatic rings. The Morgan fingerprint density at radius 1 is 1.03 bits per heavy atom. The van der Waals surface area contributed by atoms with Gasteiger partial charge in [0, 0.05) is 41.7 Å². The lowest BCUT2D eigenvalue weighted by Crippen LogP contribution is -2.48. The third-order valence-corrected chi connectivity index (χ3v) is 7.66. The number of sulfonamides is 1. The average Bonchev–Trinajstić information content (AvgIpc) is 2.83. The van der Waals surface area contributed by atoms with Gasteiger partial charge in [0.1, 0.15) is 11.8 Å². The topological polar surface area (TPSA) is 96.0 Å². The lowest BCUT2D eigenvalue weighted by molar-refractivity contribution is -0.140. The van der Waals surface area contributed by atoms with Gasteiger partial charge in [0.2, 0.25) is 21.8 Å². The molecule has 0 heterocycles. The molecule has 2 amide bonds. The fourth-order valence-corrected chi connectivity index (χ4v) is 5.12. The molecule has 0 aliphatic heterocycles. The van der Waals surface area contributed by atoms with E-state index >= 15 is 0 Å². The van der Waals surface area contributed by atoms with Gasteiger partial charge in [-0.3, -0.25) is 13.9 Å². The van der Waals surface area contributed by atoms with Gasteiger partial charge in [-0.25, -0.2) is 8.42 Å². The van der Waals surface area contributed by atoms with Crippen LogP contribution in [0.1, 0.15) is 39.2 Å². The highest BCUT2D eigenvalue weighted by molar-refractivity contribution is 7.92. The molecule has 37 heavy (non-hydrogen) atoms. The molecule has 204 valence electrons. The number of halogens is 2. The van der Waals surface area contributed by atoms with Crippen LogP contribution >= 0.6 is 23.2 Å². The van der Waals surface area contributed by atoms with Crippen LogP contribution < -0.4 is 14.4 Å². The number of ether oxygens (including phenoxy) is 1. The highest BCUT2D eigenvalue weighted by Gasteiger charge is 2.28. The molecule has 8 nitrogen and oxygen atoms in total. The molecule has 0 radical (unpaired) electrons. The van der Waals surface area contributed by atoms with Gasteiger partial charge in [0.25, 0.3) is 0 Å². The second kappa shape index (κ2) is 13.9. The van der Waals surface area contributed by atoms with Gasteiger partial charge in [-0.2, -0.15) is 0 Å². The minimum Gasteiger partial charge on any atom is -0.497 e. The molecule has 0 fully saturated rings. The van der Waals surface area contributed by atoms with E-state index in [1.165, 1.54) is 16.3 Å².